The van der Waals surface area contributed by atoms with E-state index in [-0.39, 0.29) is 0 Å². The van der Waals surface area contributed by atoms with Gasteiger partial charge in [-0.05, 0) is 56.1 Å². The average Bonchev–Trinajstić information content (AvgIpc) is 3.09. The zero-order valence-corrected chi connectivity index (χ0v) is 14.9. The molecule has 124 valence electrons. The van der Waals surface area contributed by atoms with Gasteiger partial charge in [-0.25, -0.2) is 0 Å². The van der Waals surface area contributed by atoms with Crippen LogP contribution in [-0.4, -0.2) is 37.1 Å². The third-order valence-electron chi connectivity index (χ3n) is 5.43. The summed E-state index contributed by atoms with van der Waals surface area (Å²) in [6.45, 7) is 7.32. The molecule has 2 heterocycles. The lowest BCUT2D eigenvalue weighted by Gasteiger charge is -2.38. The summed E-state index contributed by atoms with van der Waals surface area (Å²) in [5, 5.41) is 6.17. The monoisotopic (exact) mass is 320 g/mol. The highest BCUT2D eigenvalue weighted by Gasteiger charge is 2.28. The first-order chi connectivity index (χ1) is 10.8. The molecule has 1 saturated heterocycles. The molecule has 1 N–H and O–H groups in total. The van der Waals surface area contributed by atoms with Gasteiger partial charge >= 0.3 is 0 Å². The van der Waals surface area contributed by atoms with Crippen LogP contribution in [0.2, 0.25) is 0 Å². The number of thiophene rings is 1. The Hall–Kier alpha value is -0.380. The van der Waals surface area contributed by atoms with Crippen molar-refractivity contribution < 1.29 is 0 Å². The largest absolute Gasteiger partial charge is 0.312 e. The number of piperidine rings is 1. The highest BCUT2D eigenvalue weighted by atomic mass is 32.1. The van der Waals surface area contributed by atoms with Gasteiger partial charge in [0.15, 0.2) is 0 Å². The number of rotatable bonds is 6. The van der Waals surface area contributed by atoms with E-state index in [4.69, 9.17) is 0 Å². The van der Waals surface area contributed by atoms with Crippen molar-refractivity contribution in [2.24, 2.45) is 5.92 Å². The molecule has 2 atom stereocenters. The van der Waals surface area contributed by atoms with Gasteiger partial charge in [0.1, 0.15) is 0 Å². The van der Waals surface area contributed by atoms with Crippen LogP contribution in [0.1, 0.15) is 62.7 Å². The lowest BCUT2D eigenvalue weighted by molar-refractivity contribution is 0.167. The van der Waals surface area contributed by atoms with Crippen LogP contribution in [0.25, 0.3) is 0 Å². The molecule has 3 heteroatoms. The van der Waals surface area contributed by atoms with Crippen molar-refractivity contribution in [3.63, 3.8) is 0 Å². The molecule has 0 bridgehead atoms. The van der Waals surface area contributed by atoms with E-state index in [9.17, 15) is 0 Å². The van der Waals surface area contributed by atoms with Crippen LogP contribution in [0.5, 0.6) is 0 Å². The van der Waals surface area contributed by atoms with E-state index < -0.39 is 0 Å². The average molecular weight is 321 g/mol. The zero-order chi connectivity index (χ0) is 15.2. The summed E-state index contributed by atoms with van der Waals surface area (Å²) in [6.07, 6.45) is 9.87. The summed E-state index contributed by atoms with van der Waals surface area (Å²) in [5.74, 6) is 1.68. The maximum Gasteiger partial charge on any atom is 0.0201 e. The Morgan fingerprint density at radius 2 is 2.09 bits per heavy atom. The van der Waals surface area contributed by atoms with Gasteiger partial charge in [0.2, 0.25) is 0 Å². The Morgan fingerprint density at radius 3 is 2.82 bits per heavy atom. The molecule has 1 aliphatic heterocycles. The maximum absolute atomic E-state index is 3.93. The lowest BCUT2D eigenvalue weighted by Crippen LogP contribution is -2.49. The molecule has 1 aromatic heterocycles. The molecular formula is C19H32N2S. The summed E-state index contributed by atoms with van der Waals surface area (Å²) >= 11 is 1.94. The molecule has 22 heavy (non-hydrogen) atoms. The quantitative estimate of drug-likeness (QED) is 0.831. The lowest BCUT2D eigenvalue weighted by atomic mass is 9.88. The molecular weight excluding hydrogens is 288 g/mol. The summed E-state index contributed by atoms with van der Waals surface area (Å²) in [5.41, 5.74) is 0. The first kappa shape index (κ1) is 16.5. The highest BCUT2D eigenvalue weighted by molar-refractivity contribution is 7.10. The predicted octanol–water partition coefficient (Wildman–Crippen LogP) is 4.49. The third kappa shape index (κ3) is 4.56. The van der Waals surface area contributed by atoms with Crippen molar-refractivity contribution in [3.05, 3.63) is 22.4 Å². The fraction of sp³-hybridized carbons (Fsp3) is 0.789. The molecule has 2 aliphatic rings. The van der Waals surface area contributed by atoms with Gasteiger partial charge in [-0.3, -0.25) is 0 Å². The highest BCUT2D eigenvalue weighted by Crippen LogP contribution is 2.31. The maximum atomic E-state index is 3.93. The zero-order valence-electron chi connectivity index (χ0n) is 14.1. The van der Waals surface area contributed by atoms with Crippen LogP contribution in [0.3, 0.4) is 0 Å². The molecule has 0 spiro atoms. The molecule has 0 amide bonds. The van der Waals surface area contributed by atoms with Gasteiger partial charge in [-0.15, -0.1) is 11.3 Å². The van der Waals surface area contributed by atoms with Gasteiger partial charge in [-0.2, -0.15) is 0 Å². The molecule has 0 radical (unpaired) electrons. The Bertz CT molecular complexity index is 411. The number of likely N-dealkylation sites (tertiary alicyclic amines) is 1. The van der Waals surface area contributed by atoms with Crippen molar-refractivity contribution in [2.75, 3.05) is 26.2 Å². The smallest absolute Gasteiger partial charge is 0.0201 e. The third-order valence-corrected chi connectivity index (χ3v) is 6.47. The van der Waals surface area contributed by atoms with Gasteiger partial charge in [0.25, 0.3) is 0 Å². The second kappa shape index (κ2) is 8.47. The summed E-state index contributed by atoms with van der Waals surface area (Å²) in [4.78, 5) is 4.28. The number of nitrogens with zero attached hydrogens (tertiary/aromatic N) is 1. The van der Waals surface area contributed by atoms with Crippen LogP contribution in [0.4, 0.5) is 0 Å². The van der Waals surface area contributed by atoms with Crippen molar-refractivity contribution in [3.8, 4) is 0 Å². The summed E-state index contributed by atoms with van der Waals surface area (Å²) < 4.78 is 0. The number of hydrogen-bond acceptors (Lipinski definition) is 3. The van der Waals surface area contributed by atoms with Crippen molar-refractivity contribution >= 4 is 11.3 Å². The normalized spacial score (nSPS) is 28.0. The van der Waals surface area contributed by atoms with E-state index in [2.05, 4.69) is 34.7 Å². The van der Waals surface area contributed by atoms with Crippen LogP contribution < -0.4 is 5.32 Å². The first-order valence-corrected chi connectivity index (χ1v) is 10.2. The number of nitrogens with one attached hydrogen (secondary N) is 1. The van der Waals surface area contributed by atoms with Crippen molar-refractivity contribution in [1.29, 1.82) is 0 Å². The van der Waals surface area contributed by atoms with Gasteiger partial charge in [-0.1, -0.05) is 32.3 Å². The molecule has 3 rings (SSSR count). The Kier molecular flexibility index (Phi) is 6.34. The SMILES string of the molecule is CCCN1CC(NCC2CCCCC2)CC(c2cccs2)C1. The Morgan fingerprint density at radius 1 is 1.23 bits per heavy atom. The van der Waals surface area contributed by atoms with E-state index in [0.717, 1.165) is 11.8 Å². The van der Waals surface area contributed by atoms with E-state index >= 15 is 0 Å². The standard InChI is InChI=1S/C19H32N2S/c1-2-10-21-14-17(19-9-6-11-22-19)12-18(15-21)20-13-16-7-4-3-5-8-16/h6,9,11,16-18,20H,2-5,7-8,10,12-15H2,1H3. The second-order valence-electron chi connectivity index (χ2n) is 7.32. The summed E-state index contributed by atoms with van der Waals surface area (Å²) in [7, 11) is 0. The fourth-order valence-corrected chi connectivity index (χ4v) is 5.13. The van der Waals surface area contributed by atoms with Crippen LogP contribution in [-0.2, 0) is 0 Å². The minimum absolute atomic E-state index is 0.689. The Balaban J connectivity index is 1.54. The Labute approximate surface area is 140 Å². The van der Waals surface area contributed by atoms with Crippen LogP contribution in [0, 0.1) is 5.92 Å². The van der Waals surface area contributed by atoms with Gasteiger partial charge in [0, 0.05) is 29.9 Å². The molecule has 2 nitrogen and oxygen atoms in total. The molecule has 0 aromatic carbocycles. The first-order valence-electron chi connectivity index (χ1n) is 9.34. The molecule has 1 saturated carbocycles. The van der Waals surface area contributed by atoms with Crippen molar-refractivity contribution in [1.82, 2.24) is 10.2 Å². The van der Waals surface area contributed by atoms with Crippen molar-refractivity contribution in [2.45, 2.75) is 63.8 Å². The van der Waals surface area contributed by atoms with Gasteiger partial charge < -0.3 is 10.2 Å². The second-order valence-corrected chi connectivity index (χ2v) is 8.30. The van der Waals surface area contributed by atoms with E-state index in [0.29, 0.717) is 6.04 Å². The molecule has 1 aromatic rings. The topological polar surface area (TPSA) is 15.3 Å². The van der Waals surface area contributed by atoms with E-state index in [1.807, 2.05) is 11.3 Å². The number of hydrogen-bond donors (Lipinski definition) is 1. The minimum atomic E-state index is 0.689. The fourth-order valence-electron chi connectivity index (χ4n) is 4.29. The van der Waals surface area contributed by atoms with Crippen LogP contribution >= 0.6 is 11.3 Å². The minimum Gasteiger partial charge on any atom is -0.312 e. The molecule has 1 aliphatic carbocycles. The molecule has 2 unspecified atom stereocenters. The predicted molar refractivity (Wildman–Crippen MR) is 96.8 cm³/mol. The van der Waals surface area contributed by atoms with E-state index in [1.165, 1.54) is 71.1 Å². The van der Waals surface area contributed by atoms with Gasteiger partial charge in [0.05, 0.1) is 0 Å². The van der Waals surface area contributed by atoms with Crippen LogP contribution in [0.15, 0.2) is 17.5 Å². The summed E-state index contributed by atoms with van der Waals surface area (Å²) in [6, 6.07) is 5.24. The van der Waals surface area contributed by atoms with E-state index in [1.54, 1.807) is 4.88 Å². The molecule has 2 fully saturated rings.